The fourth-order valence-corrected chi connectivity index (χ4v) is 5.90. The molecule has 0 aliphatic carbocycles. The van der Waals surface area contributed by atoms with E-state index in [0.29, 0.717) is 22.6 Å². The minimum atomic E-state index is -3.65. The summed E-state index contributed by atoms with van der Waals surface area (Å²) in [5.74, 6) is 0.705. The molecule has 0 bridgehead atoms. The van der Waals surface area contributed by atoms with Gasteiger partial charge in [0.1, 0.15) is 5.75 Å². The van der Waals surface area contributed by atoms with Gasteiger partial charge >= 0.3 is 0 Å². The van der Waals surface area contributed by atoms with Gasteiger partial charge < -0.3 is 10.1 Å². The van der Waals surface area contributed by atoms with Crippen LogP contribution in [0.1, 0.15) is 47.5 Å². The van der Waals surface area contributed by atoms with Crippen LogP contribution in [0.3, 0.4) is 0 Å². The van der Waals surface area contributed by atoms with E-state index < -0.39 is 10.0 Å². The summed E-state index contributed by atoms with van der Waals surface area (Å²) >= 11 is 0. The molecule has 0 spiro atoms. The highest BCUT2D eigenvalue weighted by molar-refractivity contribution is 7.89. The van der Waals surface area contributed by atoms with Crippen molar-refractivity contribution in [3.63, 3.8) is 0 Å². The first-order valence-electron chi connectivity index (χ1n) is 9.49. The maximum Gasteiger partial charge on any atom is 0.241 e. The summed E-state index contributed by atoms with van der Waals surface area (Å²) in [5, 5.41) is 5.08. The zero-order chi connectivity index (χ0) is 19.9. The first kappa shape index (κ1) is 20.1. The minimum Gasteiger partial charge on any atom is -0.493 e. The van der Waals surface area contributed by atoms with Gasteiger partial charge in [0, 0.05) is 27.9 Å². The molecule has 0 unspecified atom stereocenters. The van der Waals surface area contributed by atoms with E-state index in [-0.39, 0.29) is 17.1 Å². The Kier molecular flexibility index (Phi) is 5.27. The molecule has 0 atom stereocenters. The van der Waals surface area contributed by atoms with Crippen molar-refractivity contribution in [3.8, 4) is 5.75 Å². The number of hydrogen-bond acceptors (Lipinski definition) is 4. The Labute approximate surface area is 162 Å². The van der Waals surface area contributed by atoms with Gasteiger partial charge in [-0.05, 0) is 59.6 Å². The normalized spacial score (nSPS) is 19.9. The van der Waals surface area contributed by atoms with Crippen LogP contribution < -0.4 is 14.8 Å². The summed E-state index contributed by atoms with van der Waals surface area (Å²) < 4.78 is 35.1. The average molecular weight is 391 g/mol. The second kappa shape index (κ2) is 7.08. The number of ether oxygens (including phenoxy) is 1. The van der Waals surface area contributed by atoms with Gasteiger partial charge in [-0.25, -0.2) is 13.1 Å². The second-order valence-electron chi connectivity index (χ2n) is 8.66. The highest BCUT2D eigenvalue weighted by Crippen LogP contribution is 2.33. The largest absolute Gasteiger partial charge is 0.493 e. The van der Waals surface area contributed by atoms with Gasteiger partial charge in [-0.2, -0.15) is 0 Å². The lowest BCUT2D eigenvalue weighted by Gasteiger charge is -2.46. The lowest BCUT2D eigenvalue weighted by atomic mass is 9.80. The van der Waals surface area contributed by atoms with Crippen LogP contribution in [-0.4, -0.2) is 32.1 Å². The molecule has 1 heterocycles. The first-order valence-corrected chi connectivity index (χ1v) is 11.0. The van der Waals surface area contributed by atoms with E-state index in [0.717, 1.165) is 18.2 Å². The molecule has 27 heavy (non-hydrogen) atoms. The summed E-state index contributed by atoms with van der Waals surface area (Å²) in [5.41, 5.74) is -0.258. The van der Waals surface area contributed by atoms with Gasteiger partial charge in [0.2, 0.25) is 10.0 Å². The van der Waals surface area contributed by atoms with Crippen LogP contribution in [0.5, 0.6) is 5.75 Å². The van der Waals surface area contributed by atoms with E-state index in [1.54, 1.807) is 12.1 Å². The van der Waals surface area contributed by atoms with Gasteiger partial charge in [0.15, 0.2) is 0 Å². The molecule has 1 aliphatic heterocycles. The Morgan fingerprint density at radius 1 is 1.04 bits per heavy atom. The average Bonchev–Trinajstić information content (AvgIpc) is 2.51. The molecule has 1 fully saturated rings. The molecule has 2 aromatic carbocycles. The van der Waals surface area contributed by atoms with Crippen LogP contribution in [-0.2, 0) is 10.0 Å². The molecule has 6 heteroatoms. The van der Waals surface area contributed by atoms with E-state index in [1.807, 2.05) is 31.2 Å². The quantitative estimate of drug-likeness (QED) is 0.814. The predicted molar refractivity (Wildman–Crippen MR) is 110 cm³/mol. The molecule has 0 amide bonds. The summed E-state index contributed by atoms with van der Waals surface area (Å²) in [6.45, 7) is 10.9. The molecule has 5 nitrogen and oxygen atoms in total. The van der Waals surface area contributed by atoms with Gasteiger partial charge in [0.05, 0.1) is 11.5 Å². The molecule has 1 saturated heterocycles. The van der Waals surface area contributed by atoms with Crippen LogP contribution in [0.25, 0.3) is 10.8 Å². The Morgan fingerprint density at radius 3 is 2.22 bits per heavy atom. The fourth-order valence-electron chi connectivity index (χ4n) is 4.45. The molecule has 0 radical (unpaired) electrons. The molecule has 0 saturated carbocycles. The number of rotatable bonds is 5. The predicted octanol–water partition coefficient (Wildman–Crippen LogP) is 3.83. The Balaban J connectivity index is 1.97. The number of hydrogen-bond donors (Lipinski definition) is 2. The molecule has 2 N–H and O–H groups in total. The zero-order valence-electron chi connectivity index (χ0n) is 16.8. The van der Waals surface area contributed by atoms with Crippen molar-refractivity contribution in [1.82, 2.24) is 10.0 Å². The number of sulfonamides is 1. The fraction of sp³-hybridized carbons (Fsp3) is 0.524. The lowest BCUT2D eigenvalue weighted by molar-refractivity contribution is 0.157. The van der Waals surface area contributed by atoms with Gasteiger partial charge in [-0.1, -0.05) is 24.3 Å². The van der Waals surface area contributed by atoms with E-state index in [2.05, 4.69) is 37.7 Å². The van der Waals surface area contributed by atoms with Crippen molar-refractivity contribution in [3.05, 3.63) is 36.4 Å². The molecule has 2 aromatic rings. The number of fused-ring (bicyclic) bond motifs is 1. The van der Waals surface area contributed by atoms with Crippen molar-refractivity contribution in [2.75, 3.05) is 6.61 Å². The topological polar surface area (TPSA) is 67.4 Å². The third-order valence-electron chi connectivity index (χ3n) is 4.95. The third-order valence-corrected chi connectivity index (χ3v) is 6.52. The van der Waals surface area contributed by atoms with Crippen LogP contribution in [0.2, 0.25) is 0 Å². The summed E-state index contributed by atoms with van der Waals surface area (Å²) in [7, 11) is -3.65. The maximum absolute atomic E-state index is 13.2. The first-order chi connectivity index (χ1) is 12.5. The molecular weight excluding hydrogens is 360 g/mol. The van der Waals surface area contributed by atoms with Gasteiger partial charge in [0.25, 0.3) is 0 Å². The van der Waals surface area contributed by atoms with Crippen molar-refractivity contribution in [1.29, 1.82) is 0 Å². The van der Waals surface area contributed by atoms with Crippen molar-refractivity contribution < 1.29 is 13.2 Å². The Bertz CT molecular complexity index is 920. The van der Waals surface area contributed by atoms with Crippen molar-refractivity contribution >= 4 is 20.8 Å². The SMILES string of the molecule is CCOc1ccc(S(=O)(=O)NC2CC(C)(C)NC(C)(C)C2)c2ccccc12. The highest BCUT2D eigenvalue weighted by Gasteiger charge is 2.39. The Hall–Kier alpha value is -1.63. The lowest BCUT2D eigenvalue weighted by Crippen LogP contribution is -2.62. The zero-order valence-corrected chi connectivity index (χ0v) is 17.6. The van der Waals surface area contributed by atoms with Crippen LogP contribution in [0.4, 0.5) is 0 Å². The van der Waals surface area contributed by atoms with E-state index in [1.165, 1.54) is 0 Å². The summed E-state index contributed by atoms with van der Waals surface area (Å²) in [6, 6.07) is 10.8. The van der Waals surface area contributed by atoms with Crippen molar-refractivity contribution in [2.45, 2.75) is 69.5 Å². The van der Waals surface area contributed by atoms with E-state index >= 15 is 0 Å². The van der Waals surface area contributed by atoms with Crippen LogP contribution >= 0.6 is 0 Å². The molecule has 3 rings (SSSR count). The van der Waals surface area contributed by atoms with Crippen LogP contribution in [0, 0.1) is 0 Å². The molecule has 148 valence electrons. The number of benzene rings is 2. The molecular formula is C21H30N2O3S. The van der Waals surface area contributed by atoms with E-state index in [9.17, 15) is 8.42 Å². The minimum absolute atomic E-state index is 0.119. The maximum atomic E-state index is 13.2. The third kappa shape index (κ3) is 4.45. The van der Waals surface area contributed by atoms with Crippen molar-refractivity contribution in [2.24, 2.45) is 0 Å². The smallest absolute Gasteiger partial charge is 0.241 e. The van der Waals surface area contributed by atoms with Crippen LogP contribution in [0.15, 0.2) is 41.3 Å². The monoisotopic (exact) mass is 390 g/mol. The van der Waals surface area contributed by atoms with Gasteiger partial charge in [-0.15, -0.1) is 0 Å². The number of piperidine rings is 1. The van der Waals surface area contributed by atoms with E-state index in [4.69, 9.17) is 4.74 Å². The highest BCUT2D eigenvalue weighted by atomic mass is 32.2. The Morgan fingerprint density at radius 2 is 1.63 bits per heavy atom. The summed E-state index contributed by atoms with van der Waals surface area (Å²) in [6.07, 6.45) is 1.48. The molecule has 0 aromatic heterocycles. The molecule has 1 aliphatic rings. The second-order valence-corrected chi connectivity index (χ2v) is 10.3. The standard InChI is InChI=1S/C21H30N2O3S/c1-6-26-18-11-12-19(17-10-8-7-9-16(17)18)27(24,25)22-15-13-20(2,3)23-21(4,5)14-15/h7-12,15,22-23H,6,13-14H2,1-5H3. The van der Waals surface area contributed by atoms with Gasteiger partial charge in [-0.3, -0.25) is 0 Å². The summed E-state index contributed by atoms with van der Waals surface area (Å²) in [4.78, 5) is 0.302. The number of nitrogens with one attached hydrogen (secondary N) is 2.